The summed E-state index contributed by atoms with van der Waals surface area (Å²) >= 11 is 7.56. The van der Waals surface area contributed by atoms with E-state index in [-0.39, 0.29) is 11.7 Å². The molecule has 1 aliphatic rings. The first kappa shape index (κ1) is 22.8. The Balaban J connectivity index is 1.29. The molecule has 1 aliphatic heterocycles. The highest BCUT2D eigenvalue weighted by Gasteiger charge is 2.23. The van der Waals surface area contributed by atoms with E-state index in [9.17, 15) is 9.18 Å². The molecule has 0 aliphatic carbocycles. The van der Waals surface area contributed by atoms with E-state index in [4.69, 9.17) is 11.6 Å². The summed E-state index contributed by atoms with van der Waals surface area (Å²) in [6.45, 7) is 5.64. The summed E-state index contributed by atoms with van der Waals surface area (Å²) in [5, 5.41) is 9.62. The van der Waals surface area contributed by atoms with Gasteiger partial charge < -0.3 is 9.47 Å². The van der Waals surface area contributed by atoms with E-state index in [1.807, 2.05) is 34.6 Å². The number of rotatable bonds is 7. The maximum Gasteiger partial charge on any atom is 0.233 e. The zero-order valence-electron chi connectivity index (χ0n) is 17.9. The molecular formula is C23H25ClFN5OS. The summed E-state index contributed by atoms with van der Waals surface area (Å²) in [5.74, 6) is 0.920. The molecule has 1 fully saturated rings. The van der Waals surface area contributed by atoms with Crippen LogP contribution in [0.15, 0.2) is 53.7 Å². The Morgan fingerprint density at radius 2 is 1.78 bits per heavy atom. The van der Waals surface area contributed by atoms with Crippen LogP contribution in [0.5, 0.6) is 0 Å². The Morgan fingerprint density at radius 1 is 1.03 bits per heavy atom. The van der Waals surface area contributed by atoms with Crippen molar-refractivity contribution in [3.8, 4) is 0 Å². The van der Waals surface area contributed by atoms with Crippen LogP contribution in [0.1, 0.15) is 17.0 Å². The highest BCUT2D eigenvalue weighted by Crippen LogP contribution is 2.22. The van der Waals surface area contributed by atoms with Crippen molar-refractivity contribution in [2.45, 2.75) is 25.2 Å². The Labute approximate surface area is 196 Å². The predicted molar refractivity (Wildman–Crippen MR) is 124 cm³/mol. The molecule has 1 aromatic heterocycles. The van der Waals surface area contributed by atoms with E-state index in [0.29, 0.717) is 55.6 Å². The summed E-state index contributed by atoms with van der Waals surface area (Å²) in [6.07, 6.45) is 0. The number of hydrogen-bond acceptors (Lipinski definition) is 5. The van der Waals surface area contributed by atoms with E-state index >= 15 is 0 Å². The molecule has 3 aromatic rings. The normalized spacial score (nSPS) is 14.7. The Kier molecular flexibility index (Phi) is 7.44. The second kappa shape index (κ2) is 10.5. The summed E-state index contributed by atoms with van der Waals surface area (Å²) in [4.78, 5) is 16.8. The second-order valence-corrected chi connectivity index (χ2v) is 9.10. The van der Waals surface area contributed by atoms with Crippen LogP contribution in [-0.4, -0.2) is 62.4 Å². The molecule has 0 radical (unpaired) electrons. The third-order valence-electron chi connectivity index (χ3n) is 5.58. The van der Waals surface area contributed by atoms with Gasteiger partial charge in [0.1, 0.15) is 11.6 Å². The molecular weight excluding hydrogens is 449 g/mol. The number of piperazine rings is 1. The van der Waals surface area contributed by atoms with Gasteiger partial charge in [-0.3, -0.25) is 9.69 Å². The number of hydrogen-bond donors (Lipinski definition) is 0. The van der Waals surface area contributed by atoms with Gasteiger partial charge in [-0.1, -0.05) is 59.8 Å². The van der Waals surface area contributed by atoms with Crippen LogP contribution in [0.4, 0.5) is 4.39 Å². The van der Waals surface area contributed by atoms with E-state index in [0.717, 1.165) is 16.5 Å². The second-order valence-electron chi connectivity index (χ2n) is 7.75. The summed E-state index contributed by atoms with van der Waals surface area (Å²) in [5.41, 5.74) is 1.67. The molecule has 0 bridgehead atoms. The third kappa shape index (κ3) is 5.49. The molecule has 4 rings (SSSR count). The predicted octanol–water partition coefficient (Wildman–Crippen LogP) is 3.86. The van der Waals surface area contributed by atoms with Gasteiger partial charge in [-0.2, -0.15) is 0 Å². The van der Waals surface area contributed by atoms with Crippen molar-refractivity contribution in [3.05, 3.63) is 76.3 Å². The van der Waals surface area contributed by atoms with Crippen molar-refractivity contribution in [3.63, 3.8) is 0 Å². The summed E-state index contributed by atoms with van der Waals surface area (Å²) in [7, 11) is 0. The van der Waals surface area contributed by atoms with Gasteiger partial charge in [0, 0.05) is 43.3 Å². The fourth-order valence-electron chi connectivity index (χ4n) is 3.70. The standard InChI is InChI=1S/C23H25ClFN5OS/c1-17-26-27-23(30(17)14-18-6-3-2-4-7-18)32-16-22(31)29-12-10-28(11-13-29)15-19-20(24)8-5-9-21(19)25/h2-9H,10-16H2,1H3. The molecule has 0 N–H and O–H groups in total. The lowest BCUT2D eigenvalue weighted by atomic mass is 10.2. The number of aryl methyl sites for hydroxylation is 1. The zero-order chi connectivity index (χ0) is 22.5. The van der Waals surface area contributed by atoms with Crippen molar-refractivity contribution in [2.75, 3.05) is 31.9 Å². The molecule has 168 valence electrons. The fraction of sp³-hybridized carbons (Fsp3) is 0.348. The van der Waals surface area contributed by atoms with Crippen LogP contribution in [0.25, 0.3) is 0 Å². The highest BCUT2D eigenvalue weighted by atomic mass is 35.5. The van der Waals surface area contributed by atoms with E-state index in [2.05, 4.69) is 27.2 Å². The number of aromatic nitrogens is 3. The SMILES string of the molecule is Cc1nnc(SCC(=O)N2CCN(Cc3c(F)cccc3Cl)CC2)n1Cc1ccccc1. The number of carbonyl (C=O) groups excluding carboxylic acids is 1. The van der Waals surface area contributed by atoms with E-state index in [1.165, 1.54) is 17.8 Å². The largest absolute Gasteiger partial charge is 0.339 e. The monoisotopic (exact) mass is 473 g/mol. The lowest BCUT2D eigenvalue weighted by Crippen LogP contribution is -2.48. The molecule has 0 atom stereocenters. The quantitative estimate of drug-likeness (QED) is 0.488. The van der Waals surface area contributed by atoms with E-state index < -0.39 is 0 Å². The van der Waals surface area contributed by atoms with Crippen LogP contribution < -0.4 is 0 Å². The molecule has 1 saturated heterocycles. The molecule has 6 nitrogen and oxygen atoms in total. The first-order chi connectivity index (χ1) is 15.5. The Bertz CT molecular complexity index is 1050. The van der Waals surface area contributed by atoms with Gasteiger partial charge in [-0.05, 0) is 24.6 Å². The number of benzene rings is 2. The van der Waals surface area contributed by atoms with Crippen LogP contribution in [0.3, 0.4) is 0 Å². The summed E-state index contributed by atoms with van der Waals surface area (Å²) < 4.78 is 16.1. The topological polar surface area (TPSA) is 54.3 Å². The Morgan fingerprint density at radius 3 is 2.50 bits per heavy atom. The number of carbonyl (C=O) groups is 1. The maximum absolute atomic E-state index is 14.1. The van der Waals surface area contributed by atoms with Gasteiger partial charge in [0.15, 0.2) is 5.16 Å². The van der Waals surface area contributed by atoms with Crippen molar-refractivity contribution in [1.82, 2.24) is 24.6 Å². The fourth-order valence-corrected chi connectivity index (χ4v) is 4.81. The van der Waals surface area contributed by atoms with Gasteiger partial charge in [-0.25, -0.2) is 4.39 Å². The van der Waals surface area contributed by atoms with Gasteiger partial charge >= 0.3 is 0 Å². The zero-order valence-corrected chi connectivity index (χ0v) is 19.4. The molecule has 32 heavy (non-hydrogen) atoms. The van der Waals surface area contributed by atoms with Crippen LogP contribution in [-0.2, 0) is 17.9 Å². The summed E-state index contributed by atoms with van der Waals surface area (Å²) in [6, 6.07) is 14.9. The molecule has 0 unspecified atom stereocenters. The minimum Gasteiger partial charge on any atom is -0.339 e. The number of nitrogens with zero attached hydrogens (tertiary/aromatic N) is 5. The van der Waals surface area contributed by atoms with E-state index in [1.54, 1.807) is 12.1 Å². The van der Waals surface area contributed by atoms with Crippen LogP contribution in [0, 0.1) is 12.7 Å². The maximum atomic E-state index is 14.1. The van der Waals surface area contributed by atoms with Crippen LogP contribution >= 0.6 is 23.4 Å². The molecule has 2 aromatic carbocycles. The molecule has 2 heterocycles. The van der Waals surface area contributed by atoms with Gasteiger partial charge in [0.05, 0.1) is 12.3 Å². The first-order valence-electron chi connectivity index (χ1n) is 10.5. The highest BCUT2D eigenvalue weighted by molar-refractivity contribution is 7.99. The molecule has 0 saturated carbocycles. The minimum atomic E-state index is -0.290. The van der Waals surface area contributed by atoms with Gasteiger partial charge in [0.2, 0.25) is 5.91 Å². The van der Waals surface area contributed by atoms with Crippen LogP contribution in [0.2, 0.25) is 5.02 Å². The third-order valence-corrected chi connectivity index (χ3v) is 6.88. The van der Waals surface area contributed by atoms with Crippen molar-refractivity contribution >= 4 is 29.3 Å². The van der Waals surface area contributed by atoms with Crippen molar-refractivity contribution in [1.29, 1.82) is 0 Å². The molecule has 1 amide bonds. The molecule has 9 heteroatoms. The molecule has 0 spiro atoms. The van der Waals surface area contributed by atoms with Gasteiger partial charge in [0.25, 0.3) is 0 Å². The lowest BCUT2D eigenvalue weighted by molar-refractivity contribution is -0.130. The van der Waals surface area contributed by atoms with Crippen molar-refractivity contribution < 1.29 is 9.18 Å². The average Bonchev–Trinajstić information content (AvgIpc) is 3.15. The smallest absolute Gasteiger partial charge is 0.233 e. The number of thioether (sulfide) groups is 1. The average molecular weight is 474 g/mol. The Hall–Kier alpha value is -2.42. The number of amides is 1. The van der Waals surface area contributed by atoms with Crippen molar-refractivity contribution in [2.24, 2.45) is 0 Å². The minimum absolute atomic E-state index is 0.0745. The van der Waals surface area contributed by atoms with Gasteiger partial charge in [-0.15, -0.1) is 10.2 Å². The first-order valence-corrected chi connectivity index (χ1v) is 11.9. The number of halogens is 2. The lowest BCUT2D eigenvalue weighted by Gasteiger charge is -2.34.